The molecular formula is C24H24N4O. The predicted octanol–water partition coefficient (Wildman–Crippen LogP) is 4.64. The first-order valence-corrected chi connectivity index (χ1v) is 9.88. The van der Waals surface area contributed by atoms with Gasteiger partial charge in [0, 0.05) is 41.9 Å². The number of hydrogen-bond donors (Lipinski definition) is 1. The van der Waals surface area contributed by atoms with Gasteiger partial charge in [-0.05, 0) is 31.9 Å². The van der Waals surface area contributed by atoms with Crippen LogP contribution in [0.2, 0.25) is 0 Å². The van der Waals surface area contributed by atoms with E-state index in [0.717, 1.165) is 17.5 Å². The van der Waals surface area contributed by atoms with Gasteiger partial charge < -0.3 is 9.88 Å². The molecule has 0 aliphatic rings. The highest BCUT2D eigenvalue weighted by Crippen LogP contribution is 2.23. The van der Waals surface area contributed by atoms with Crippen LogP contribution in [0.3, 0.4) is 0 Å². The van der Waals surface area contributed by atoms with Crippen molar-refractivity contribution in [1.29, 1.82) is 0 Å². The maximum Gasteiger partial charge on any atom is 0.257 e. The van der Waals surface area contributed by atoms with Crippen LogP contribution >= 0.6 is 0 Å². The summed E-state index contributed by atoms with van der Waals surface area (Å²) in [4.78, 5) is 27.0. The van der Waals surface area contributed by atoms with Crippen molar-refractivity contribution in [2.45, 2.75) is 20.3 Å². The molecule has 5 heteroatoms. The number of hydrogen-bond acceptors (Lipinski definition) is 3. The van der Waals surface area contributed by atoms with Gasteiger partial charge in [-0.25, -0.2) is 9.97 Å². The molecule has 2 aromatic heterocycles. The molecule has 0 atom stereocenters. The normalized spacial score (nSPS) is 11.0. The first-order chi connectivity index (χ1) is 14.2. The van der Waals surface area contributed by atoms with Gasteiger partial charge in [0.25, 0.3) is 5.91 Å². The molecule has 4 rings (SSSR count). The minimum absolute atomic E-state index is 0.0384. The largest absolute Gasteiger partial charge is 0.361 e. The van der Waals surface area contributed by atoms with Gasteiger partial charge in [0.1, 0.15) is 6.33 Å². The maximum atomic E-state index is 13.3. The van der Waals surface area contributed by atoms with Crippen LogP contribution in [0.15, 0.2) is 67.3 Å². The number of likely N-dealkylation sites (N-methyl/N-ethyl adjacent to an activating group) is 1. The van der Waals surface area contributed by atoms with E-state index in [-0.39, 0.29) is 5.91 Å². The Bertz CT molecular complexity index is 1130. The number of para-hydroxylation sites is 1. The zero-order chi connectivity index (χ0) is 20.2. The van der Waals surface area contributed by atoms with E-state index in [1.54, 1.807) is 6.20 Å². The van der Waals surface area contributed by atoms with Gasteiger partial charge in [0.05, 0.1) is 11.3 Å². The molecule has 2 heterocycles. The third kappa shape index (κ3) is 3.90. The molecule has 0 aliphatic carbocycles. The van der Waals surface area contributed by atoms with E-state index in [4.69, 9.17) is 0 Å². The van der Waals surface area contributed by atoms with Crippen molar-refractivity contribution in [2.24, 2.45) is 0 Å². The van der Waals surface area contributed by atoms with E-state index < -0.39 is 0 Å². The highest BCUT2D eigenvalue weighted by Gasteiger charge is 2.20. The molecule has 0 unspecified atom stereocenters. The van der Waals surface area contributed by atoms with Crippen LogP contribution in [0.4, 0.5) is 0 Å². The average molecular weight is 384 g/mol. The molecule has 0 saturated heterocycles. The molecule has 0 fully saturated rings. The molecule has 0 spiro atoms. The number of fused-ring (bicyclic) bond motifs is 1. The number of H-pyrrole nitrogens is 1. The number of aryl methyl sites for hydroxylation is 1. The van der Waals surface area contributed by atoms with Gasteiger partial charge in [0.2, 0.25) is 0 Å². The van der Waals surface area contributed by atoms with Gasteiger partial charge in [-0.2, -0.15) is 0 Å². The lowest BCUT2D eigenvalue weighted by atomic mass is 10.0. The van der Waals surface area contributed by atoms with E-state index >= 15 is 0 Å². The van der Waals surface area contributed by atoms with Crippen LogP contribution in [0.1, 0.15) is 28.4 Å². The molecular weight excluding hydrogens is 360 g/mol. The molecule has 0 radical (unpaired) electrons. The van der Waals surface area contributed by atoms with Gasteiger partial charge >= 0.3 is 0 Å². The van der Waals surface area contributed by atoms with Gasteiger partial charge in [-0.1, -0.05) is 48.0 Å². The molecule has 1 N–H and O–H groups in total. The molecule has 146 valence electrons. The van der Waals surface area contributed by atoms with E-state index in [1.807, 2.05) is 61.3 Å². The second-order valence-corrected chi connectivity index (χ2v) is 7.15. The SMILES string of the molecule is CCN(CCc1c[nH]c2ccccc12)C(=O)c1cncnc1-c1ccc(C)cc1. The lowest BCUT2D eigenvalue weighted by molar-refractivity contribution is 0.0766. The van der Waals surface area contributed by atoms with Crippen LogP contribution < -0.4 is 0 Å². The standard InChI is InChI=1S/C24H24N4O/c1-3-28(13-12-19-14-26-22-7-5-4-6-20(19)22)24(29)21-15-25-16-27-23(21)18-10-8-17(2)9-11-18/h4-11,14-16,26H,3,12-13H2,1-2H3. The first kappa shape index (κ1) is 18.9. The highest BCUT2D eigenvalue weighted by molar-refractivity contribution is 5.99. The Morgan fingerprint density at radius 3 is 2.69 bits per heavy atom. The highest BCUT2D eigenvalue weighted by atomic mass is 16.2. The topological polar surface area (TPSA) is 61.9 Å². The van der Waals surface area contributed by atoms with Crippen molar-refractivity contribution in [3.63, 3.8) is 0 Å². The third-order valence-corrected chi connectivity index (χ3v) is 5.26. The van der Waals surface area contributed by atoms with Crippen molar-refractivity contribution in [1.82, 2.24) is 19.9 Å². The van der Waals surface area contributed by atoms with Crippen molar-refractivity contribution >= 4 is 16.8 Å². The van der Waals surface area contributed by atoms with Crippen molar-refractivity contribution < 1.29 is 4.79 Å². The second-order valence-electron chi connectivity index (χ2n) is 7.15. The molecule has 4 aromatic rings. The Balaban J connectivity index is 1.57. The summed E-state index contributed by atoms with van der Waals surface area (Å²) in [5.41, 5.74) is 5.65. The first-order valence-electron chi connectivity index (χ1n) is 9.88. The van der Waals surface area contributed by atoms with E-state index in [2.05, 4.69) is 27.1 Å². The summed E-state index contributed by atoms with van der Waals surface area (Å²) in [6, 6.07) is 16.3. The number of rotatable bonds is 6. The summed E-state index contributed by atoms with van der Waals surface area (Å²) in [5, 5.41) is 1.21. The lowest BCUT2D eigenvalue weighted by Crippen LogP contribution is -2.33. The number of aromatic nitrogens is 3. The molecule has 29 heavy (non-hydrogen) atoms. The summed E-state index contributed by atoms with van der Waals surface area (Å²) in [7, 11) is 0. The number of nitrogens with one attached hydrogen (secondary N) is 1. The summed E-state index contributed by atoms with van der Waals surface area (Å²) < 4.78 is 0. The monoisotopic (exact) mass is 384 g/mol. The zero-order valence-corrected chi connectivity index (χ0v) is 16.7. The number of benzene rings is 2. The van der Waals surface area contributed by atoms with Gasteiger partial charge in [-0.3, -0.25) is 4.79 Å². The summed E-state index contributed by atoms with van der Waals surface area (Å²) in [5.74, 6) is -0.0384. The lowest BCUT2D eigenvalue weighted by Gasteiger charge is -2.21. The van der Waals surface area contributed by atoms with Crippen molar-refractivity contribution in [2.75, 3.05) is 13.1 Å². The van der Waals surface area contributed by atoms with E-state index in [0.29, 0.717) is 24.3 Å². The number of carbonyl (C=O) groups excluding carboxylic acids is 1. The molecule has 2 aromatic carbocycles. The molecule has 0 aliphatic heterocycles. The van der Waals surface area contributed by atoms with Crippen molar-refractivity contribution in [3.05, 3.63) is 83.9 Å². The molecule has 1 amide bonds. The number of carbonyl (C=O) groups is 1. The average Bonchev–Trinajstić information content (AvgIpc) is 3.18. The Hall–Kier alpha value is -3.47. The minimum Gasteiger partial charge on any atom is -0.361 e. The van der Waals surface area contributed by atoms with Gasteiger partial charge in [-0.15, -0.1) is 0 Å². The van der Waals surface area contributed by atoms with Crippen LogP contribution in [0.25, 0.3) is 22.2 Å². The summed E-state index contributed by atoms with van der Waals surface area (Å²) >= 11 is 0. The summed E-state index contributed by atoms with van der Waals surface area (Å²) in [6.45, 7) is 5.31. The third-order valence-electron chi connectivity index (χ3n) is 5.26. The van der Waals surface area contributed by atoms with Crippen LogP contribution in [0.5, 0.6) is 0 Å². The Morgan fingerprint density at radius 1 is 1.10 bits per heavy atom. The number of aromatic amines is 1. The number of amides is 1. The molecule has 5 nitrogen and oxygen atoms in total. The molecule has 0 saturated carbocycles. The fourth-order valence-electron chi connectivity index (χ4n) is 3.60. The molecule has 0 bridgehead atoms. The smallest absolute Gasteiger partial charge is 0.257 e. The Labute approximate surface area is 170 Å². The Morgan fingerprint density at radius 2 is 1.90 bits per heavy atom. The second kappa shape index (κ2) is 8.27. The minimum atomic E-state index is -0.0384. The maximum absolute atomic E-state index is 13.3. The van der Waals surface area contributed by atoms with Gasteiger partial charge in [0.15, 0.2) is 0 Å². The Kier molecular flexibility index (Phi) is 5.38. The number of nitrogens with zero attached hydrogens (tertiary/aromatic N) is 3. The van der Waals surface area contributed by atoms with E-state index in [9.17, 15) is 4.79 Å². The fraction of sp³-hybridized carbons (Fsp3) is 0.208. The van der Waals surface area contributed by atoms with Crippen molar-refractivity contribution in [3.8, 4) is 11.3 Å². The predicted molar refractivity (Wildman–Crippen MR) is 116 cm³/mol. The van der Waals surface area contributed by atoms with E-state index in [1.165, 1.54) is 22.8 Å². The van der Waals surface area contributed by atoms with Crippen LogP contribution in [-0.2, 0) is 6.42 Å². The zero-order valence-electron chi connectivity index (χ0n) is 16.7. The van der Waals surface area contributed by atoms with Crippen LogP contribution in [-0.4, -0.2) is 38.8 Å². The summed E-state index contributed by atoms with van der Waals surface area (Å²) in [6.07, 6.45) is 5.94. The quantitative estimate of drug-likeness (QED) is 0.527. The fourth-order valence-corrected chi connectivity index (χ4v) is 3.60. The van der Waals surface area contributed by atoms with Crippen LogP contribution in [0, 0.1) is 6.92 Å².